The smallest absolute Gasteiger partial charge is 0.429 e. The van der Waals surface area contributed by atoms with E-state index in [4.69, 9.17) is 0 Å². The Morgan fingerprint density at radius 3 is 1.90 bits per heavy atom. The summed E-state index contributed by atoms with van der Waals surface area (Å²) >= 11 is 0. The van der Waals surface area contributed by atoms with Crippen LogP contribution in [0.5, 0.6) is 5.75 Å². The van der Waals surface area contributed by atoms with Crippen LogP contribution in [0.3, 0.4) is 0 Å². The highest BCUT2D eigenvalue weighted by Crippen LogP contribution is 2.40. The summed E-state index contributed by atoms with van der Waals surface area (Å²) in [7, 11) is 0. The van der Waals surface area contributed by atoms with Crippen LogP contribution < -0.4 is 4.74 Å². The molecule has 0 aromatic heterocycles. The minimum Gasteiger partial charge on any atom is -0.429 e. The number of ether oxygens (including phenoxy) is 1. The van der Waals surface area contributed by atoms with Crippen LogP contribution in [-0.4, -0.2) is 0 Å². The minimum absolute atomic E-state index is 0.107. The molecule has 2 aromatic rings. The van der Waals surface area contributed by atoms with Gasteiger partial charge in [0.05, 0.1) is 11.1 Å². The SMILES string of the molecule is CCCCCCCC1CCC(/C=C/C2CCC(c3ccc(C(F)(F)Oc4ccc(C(F)(F)F)cc4)c(F)c3)CC2)CC1. The molecule has 0 unspecified atom stereocenters. The molecule has 2 aliphatic carbocycles. The van der Waals surface area contributed by atoms with Gasteiger partial charge in [0.2, 0.25) is 0 Å². The Kier molecular flexibility index (Phi) is 11.5. The van der Waals surface area contributed by atoms with E-state index in [1.165, 1.54) is 70.3 Å². The number of benzene rings is 2. The van der Waals surface area contributed by atoms with Crippen molar-refractivity contribution >= 4 is 0 Å². The largest absolute Gasteiger partial charge is 0.429 e. The molecule has 0 heterocycles. The van der Waals surface area contributed by atoms with Crippen molar-refractivity contribution in [2.45, 2.75) is 115 Å². The summed E-state index contributed by atoms with van der Waals surface area (Å²) in [5.41, 5.74) is -1.23. The fraction of sp³-hybridized carbons (Fsp3) is 0.600. The Bertz CT molecular complexity index is 1120. The molecule has 0 bridgehead atoms. The third-order valence-electron chi connectivity index (χ3n) is 9.24. The Hall–Kier alpha value is -2.44. The zero-order valence-electron chi connectivity index (χ0n) is 24.6. The first kappa shape index (κ1) is 32.5. The minimum atomic E-state index is -4.59. The lowest BCUT2D eigenvalue weighted by atomic mass is 9.76. The van der Waals surface area contributed by atoms with Gasteiger partial charge in [-0.1, -0.05) is 63.7 Å². The van der Waals surface area contributed by atoms with Gasteiger partial charge in [-0.25, -0.2) is 4.39 Å². The maximum atomic E-state index is 14.9. The second-order valence-electron chi connectivity index (χ2n) is 12.4. The van der Waals surface area contributed by atoms with Crippen molar-refractivity contribution < 1.29 is 31.1 Å². The van der Waals surface area contributed by atoms with Crippen LogP contribution in [-0.2, 0) is 12.3 Å². The molecule has 0 aliphatic heterocycles. The van der Waals surface area contributed by atoms with E-state index in [0.717, 1.165) is 55.9 Å². The van der Waals surface area contributed by atoms with Crippen LogP contribution in [0, 0.1) is 23.6 Å². The highest BCUT2D eigenvalue weighted by molar-refractivity contribution is 5.32. The first-order valence-corrected chi connectivity index (χ1v) is 15.8. The number of rotatable bonds is 12. The van der Waals surface area contributed by atoms with Crippen LogP contribution in [0.25, 0.3) is 0 Å². The summed E-state index contributed by atoms with van der Waals surface area (Å²) < 4.78 is 87.1. The lowest BCUT2D eigenvalue weighted by molar-refractivity contribution is -0.187. The Morgan fingerprint density at radius 1 is 0.738 bits per heavy atom. The first-order chi connectivity index (χ1) is 20.0. The van der Waals surface area contributed by atoms with E-state index in [-0.39, 0.29) is 5.92 Å². The quantitative estimate of drug-likeness (QED) is 0.135. The number of alkyl halides is 5. The number of hydrogen-bond donors (Lipinski definition) is 0. The molecule has 0 spiro atoms. The predicted octanol–water partition coefficient (Wildman–Crippen LogP) is 12.0. The van der Waals surface area contributed by atoms with Gasteiger partial charge >= 0.3 is 12.3 Å². The zero-order chi connectivity index (χ0) is 30.2. The van der Waals surface area contributed by atoms with Crippen LogP contribution in [0.4, 0.5) is 26.3 Å². The number of hydrogen-bond acceptors (Lipinski definition) is 1. The number of unbranched alkanes of at least 4 members (excludes halogenated alkanes) is 4. The number of allylic oxidation sites excluding steroid dienone is 2. The predicted molar refractivity (Wildman–Crippen MR) is 155 cm³/mol. The molecule has 0 saturated heterocycles. The second kappa shape index (κ2) is 14.8. The Labute approximate surface area is 246 Å². The van der Waals surface area contributed by atoms with E-state index in [1.807, 2.05) is 0 Å². The molecule has 0 amide bonds. The summed E-state index contributed by atoms with van der Waals surface area (Å²) in [6, 6.07) is 6.61. The highest BCUT2D eigenvalue weighted by atomic mass is 19.4. The molecule has 2 aliphatic rings. The van der Waals surface area contributed by atoms with Crippen LogP contribution in [0.1, 0.15) is 119 Å². The monoisotopic (exact) mass is 594 g/mol. The third kappa shape index (κ3) is 9.28. The van der Waals surface area contributed by atoms with Gasteiger partial charge in [-0.15, -0.1) is 0 Å². The molecule has 0 radical (unpaired) electrons. The molecule has 1 nitrogen and oxygen atoms in total. The maximum absolute atomic E-state index is 14.9. The average Bonchev–Trinajstić information content (AvgIpc) is 2.96. The van der Waals surface area contributed by atoms with Crippen LogP contribution >= 0.6 is 0 Å². The molecule has 0 N–H and O–H groups in total. The van der Waals surface area contributed by atoms with Crippen molar-refractivity contribution in [2.24, 2.45) is 17.8 Å². The van der Waals surface area contributed by atoms with Crippen molar-refractivity contribution in [3.8, 4) is 5.75 Å². The Balaban J connectivity index is 1.22. The normalized spacial score (nSPS) is 23.8. The van der Waals surface area contributed by atoms with Gasteiger partial charge in [0.15, 0.2) is 0 Å². The first-order valence-electron chi connectivity index (χ1n) is 15.8. The molecule has 7 heteroatoms. The molecule has 2 aromatic carbocycles. The summed E-state index contributed by atoms with van der Waals surface area (Å²) in [6.45, 7) is 2.25. The van der Waals surface area contributed by atoms with Crippen LogP contribution in [0.15, 0.2) is 54.6 Å². The molecule has 42 heavy (non-hydrogen) atoms. The van der Waals surface area contributed by atoms with Gasteiger partial charge in [-0.2, -0.15) is 22.0 Å². The van der Waals surface area contributed by atoms with Crippen molar-refractivity contribution in [3.05, 3.63) is 77.1 Å². The van der Waals surface area contributed by atoms with Gasteiger partial charge in [0.25, 0.3) is 0 Å². The lowest BCUT2D eigenvalue weighted by Crippen LogP contribution is -2.24. The molecular weight excluding hydrogens is 550 g/mol. The Morgan fingerprint density at radius 2 is 1.33 bits per heavy atom. The van der Waals surface area contributed by atoms with Crippen molar-refractivity contribution in [3.63, 3.8) is 0 Å². The standard InChI is InChI=1S/C35H44F6O/c1-2-3-4-5-6-7-25-8-10-26(11-9-25)12-13-27-14-16-28(17-15-27)29-18-23-32(33(36)24-29)35(40,41)42-31-21-19-30(20-22-31)34(37,38)39/h12-13,18-28H,2-11,14-17H2,1H3/b13-12+. The van der Waals surface area contributed by atoms with Crippen molar-refractivity contribution in [1.29, 1.82) is 0 Å². The fourth-order valence-electron chi connectivity index (χ4n) is 6.60. The van der Waals surface area contributed by atoms with Gasteiger partial charge in [0.1, 0.15) is 11.6 Å². The lowest BCUT2D eigenvalue weighted by Gasteiger charge is -2.29. The molecule has 4 rings (SSSR count). The number of halogens is 6. The average molecular weight is 595 g/mol. The van der Waals surface area contributed by atoms with E-state index >= 15 is 0 Å². The third-order valence-corrected chi connectivity index (χ3v) is 9.24. The summed E-state index contributed by atoms with van der Waals surface area (Å²) in [6.07, 6.45) is 13.3. The molecular formula is C35H44F6O. The molecule has 2 fully saturated rings. The van der Waals surface area contributed by atoms with Gasteiger partial charge < -0.3 is 4.74 Å². The fourth-order valence-corrected chi connectivity index (χ4v) is 6.60. The van der Waals surface area contributed by atoms with E-state index in [1.54, 1.807) is 0 Å². The van der Waals surface area contributed by atoms with E-state index in [9.17, 15) is 26.3 Å². The topological polar surface area (TPSA) is 9.23 Å². The van der Waals surface area contributed by atoms with E-state index in [0.29, 0.717) is 29.5 Å². The molecule has 0 atom stereocenters. The van der Waals surface area contributed by atoms with Gasteiger partial charge in [-0.3, -0.25) is 0 Å². The zero-order valence-corrected chi connectivity index (χ0v) is 24.6. The summed E-state index contributed by atoms with van der Waals surface area (Å²) in [4.78, 5) is 0. The summed E-state index contributed by atoms with van der Waals surface area (Å²) in [5, 5.41) is 0. The highest BCUT2D eigenvalue weighted by Gasteiger charge is 2.38. The van der Waals surface area contributed by atoms with Crippen molar-refractivity contribution in [2.75, 3.05) is 0 Å². The second-order valence-corrected chi connectivity index (χ2v) is 12.4. The van der Waals surface area contributed by atoms with Crippen molar-refractivity contribution in [1.82, 2.24) is 0 Å². The molecule has 232 valence electrons. The summed E-state index contributed by atoms with van der Waals surface area (Å²) in [5.74, 6) is 0.622. The van der Waals surface area contributed by atoms with Gasteiger partial charge in [0, 0.05) is 0 Å². The molecule has 2 saturated carbocycles. The maximum Gasteiger partial charge on any atom is 0.429 e. The van der Waals surface area contributed by atoms with E-state index < -0.39 is 35.0 Å². The van der Waals surface area contributed by atoms with Crippen LogP contribution in [0.2, 0.25) is 0 Å². The van der Waals surface area contributed by atoms with Gasteiger partial charge in [-0.05, 0) is 117 Å². The van der Waals surface area contributed by atoms with E-state index in [2.05, 4.69) is 23.8 Å².